The molecule has 1 heterocycles. The normalized spacial score (nSPS) is 12.6. The summed E-state index contributed by atoms with van der Waals surface area (Å²) in [6, 6.07) is 8.45. The molecule has 0 fully saturated rings. The molecule has 2 aromatic rings. The third-order valence-electron chi connectivity index (χ3n) is 5.67. The van der Waals surface area contributed by atoms with Crippen LogP contribution in [-0.2, 0) is 28.4 Å². The predicted molar refractivity (Wildman–Crippen MR) is 136 cm³/mol. The number of rotatable bonds is 11. The van der Waals surface area contributed by atoms with Crippen molar-refractivity contribution in [2.45, 2.75) is 76.1 Å². The van der Waals surface area contributed by atoms with E-state index in [1.807, 2.05) is 6.92 Å². The van der Waals surface area contributed by atoms with E-state index >= 15 is 0 Å². The van der Waals surface area contributed by atoms with E-state index < -0.39 is 0 Å². The number of thioether (sulfide) groups is 1. The van der Waals surface area contributed by atoms with Crippen LogP contribution < -0.4 is 10.9 Å². The highest BCUT2D eigenvalue weighted by Gasteiger charge is 2.22. The minimum atomic E-state index is -0.286. The van der Waals surface area contributed by atoms with Gasteiger partial charge in [0.1, 0.15) is 0 Å². The van der Waals surface area contributed by atoms with Crippen molar-refractivity contribution in [2.75, 3.05) is 20.3 Å². The minimum absolute atomic E-state index is 0.0205. The van der Waals surface area contributed by atoms with Crippen LogP contribution in [0.15, 0.2) is 34.2 Å². The van der Waals surface area contributed by atoms with Crippen LogP contribution in [0.5, 0.6) is 0 Å². The molecule has 2 rings (SSSR count). The molecule has 1 aromatic carbocycles. The largest absolute Gasteiger partial charge is 0.385 e. The Morgan fingerprint density at radius 2 is 1.91 bits per heavy atom. The first-order valence-electron chi connectivity index (χ1n) is 11.7. The lowest BCUT2D eigenvalue weighted by Crippen LogP contribution is -2.34. The van der Waals surface area contributed by atoms with Crippen LogP contribution in [0.3, 0.4) is 0 Å². The van der Waals surface area contributed by atoms with Gasteiger partial charge in [-0.25, -0.2) is 4.98 Å². The summed E-state index contributed by atoms with van der Waals surface area (Å²) in [4.78, 5) is 30.6. The molecule has 1 amide bonds. The molecule has 1 aromatic heterocycles. The summed E-state index contributed by atoms with van der Waals surface area (Å²) in [5, 5.41) is 3.27. The number of nitrogens with one attached hydrogen (secondary N) is 1. The van der Waals surface area contributed by atoms with Crippen molar-refractivity contribution in [1.29, 1.82) is 0 Å². The molecule has 1 unspecified atom stereocenters. The van der Waals surface area contributed by atoms with Crippen molar-refractivity contribution in [1.82, 2.24) is 14.9 Å². The van der Waals surface area contributed by atoms with Gasteiger partial charge in [-0.2, -0.15) is 0 Å². The Morgan fingerprint density at radius 3 is 2.48 bits per heavy atom. The molecule has 0 bridgehead atoms. The van der Waals surface area contributed by atoms with Crippen molar-refractivity contribution >= 4 is 17.7 Å². The summed E-state index contributed by atoms with van der Waals surface area (Å²) in [6.45, 7) is 11.7. The molecule has 0 aliphatic heterocycles. The number of carbonyl (C=O) groups excluding carboxylic acids is 1. The molecule has 0 saturated carbocycles. The third kappa shape index (κ3) is 7.71. The van der Waals surface area contributed by atoms with Crippen LogP contribution in [0.1, 0.15) is 69.3 Å². The standard InChI is InChI=1S/C26H39N3O3S/c1-8-10-22(23(30)27-15-9-16-32-7)33-25-28-18(2)21(24(31)29(25)6)17-19-11-13-20(14-12-19)26(3,4)5/h11-14,22H,8-10,15-17H2,1-7H3,(H,27,30). The lowest BCUT2D eigenvalue weighted by molar-refractivity contribution is -0.120. The van der Waals surface area contributed by atoms with Gasteiger partial charge in [0.25, 0.3) is 5.56 Å². The molecule has 7 heteroatoms. The van der Waals surface area contributed by atoms with Crippen molar-refractivity contribution in [3.05, 3.63) is 57.0 Å². The Morgan fingerprint density at radius 1 is 1.24 bits per heavy atom. The highest BCUT2D eigenvalue weighted by Crippen LogP contribution is 2.26. The number of amides is 1. The molecule has 1 atom stereocenters. The van der Waals surface area contributed by atoms with Gasteiger partial charge < -0.3 is 10.1 Å². The number of hydrogen-bond donors (Lipinski definition) is 1. The Labute approximate surface area is 202 Å². The van der Waals surface area contributed by atoms with Crippen molar-refractivity contribution in [3.8, 4) is 0 Å². The monoisotopic (exact) mass is 473 g/mol. The van der Waals surface area contributed by atoms with Gasteiger partial charge in [0.15, 0.2) is 5.16 Å². The molecule has 182 valence electrons. The molecule has 0 radical (unpaired) electrons. The SMILES string of the molecule is CCCC(Sc1nc(C)c(Cc2ccc(C(C)(C)C)cc2)c(=O)n1C)C(=O)NCCCOC. The van der Waals surface area contributed by atoms with Crippen LogP contribution in [0, 0.1) is 6.92 Å². The van der Waals surface area contributed by atoms with Crippen molar-refractivity contribution < 1.29 is 9.53 Å². The maximum Gasteiger partial charge on any atom is 0.257 e. The van der Waals surface area contributed by atoms with Gasteiger partial charge in [-0.3, -0.25) is 14.2 Å². The zero-order valence-corrected chi connectivity index (χ0v) is 22.0. The Balaban J connectivity index is 2.20. The number of aromatic nitrogens is 2. The molecular weight excluding hydrogens is 434 g/mol. The van der Waals surface area contributed by atoms with E-state index in [2.05, 4.69) is 57.3 Å². The number of carbonyl (C=O) groups is 1. The zero-order valence-electron chi connectivity index (χ0n) is 21.2. The van der Waals surface area contributed by atoms with Gasteiger partial charge >= 0.3 is 0 Å². The van der Waals surface area contributed by atoms with E-state index in [0.717, 1.165) is 30.5 Å². The van der Waals surface area contributed by atoms with Gasteiger partial charge in [0.05, 0.1) is 5.25 Å². The predicted octanol–water partition coefficient (Wildman–Crippen LogP) is 4.39. The zero-order chi connectivity index (χ0) is 24.6. The molecule has 0 aliphatic rings. The van der Waals surface area contributed by atoms with E-state index in [9.17, 15) is 9.59 Å². The fraction of sp³-hybridized carbons (Fsp3) is 0.577. The van der Waals surface area contributed by atoms with Crippen LogP contribution in [0.2, 0.25) is 0 Å². The maximum absolute atomic E-state index is 13.2. The number of benzene rings is 1. The van der Waals surface area contributed by atoms with E-state index in [4.69, 9.17) is 9.72 Å². The molecule has 0 aliphatic carbocycles. The molecule has 0 spiro atoms. The highest BCUT2D eigenvalue weighted by atomic mass is 32.2. The number of nitrogens with zero attached hydrogens (tertiary/aromatic N) is 2. The molecule has 0 saturated heterocycles. The van der Waals surface area contributed by atoms with Gasteiger partial charge in [-0.1, -0.05) is 70.1 Å². The van der Waals surface area contributed by atoms with Gasteiger partial charge in [-0.05, 0) is 36.3 Å². The molecular formula is C26H39N3O3S. The maximum atomic E-state index is 13.2. The summed E-state index contributed by atoms with van der Waals surface area (Å²) in [5.74, 6) is -0.0205. The second-order valence-electron chi connectivity index (χ2n) is 9.48. The minimum Gasteiger partial charge on any atom is -0.385 e. The van der Waals surface area contributed by atoms with E-state index in [0.29, 0.717) is 30.3 Å². The van der Waals surface area contributed by atoms with E-state index in [-0.39, 0.29) is 22.1 Å². The summed E-state index contributed by atoms with van der Waals surface area (Å²) in [7, 11) is 3.39. The number of methoxy groups -OCH3 is 1. The Hall–Kier alpha value is -2.12. The van der Waals surface area contributed by atoms with Crippen molar-refractivity contribution in [2.24, 2.45) is 7.05 Å². The van der Waals surface area contributed by atoms with Crippen molar-refractivity contribution in [3.63, 3.8) is 0 Å². The van der Waals surface area contributed by atoms with E-state index in [1.165, 1.54) is 17.3 Å². The number of aryl methyl sites for hydroxylation is 1. The first-order chi connectivity index (χ1) is 15.6. The topological polar surface area (TPSA) is 73.2 Å². The summed E-state index contributed by atoms with van der Waals surface area (Å²) >= 11 is 1.37. The lowest BCUT2D eigenvalue weighted by Gasteiger charge is -2.19. The average molecular weight is 474 g/mol. The van der Waals surface area contributed by atoms with E-state index in [1.54, 1.807) is 18.7 Å². The first-order valence-corrected chi connectivity index (χ1v) is 12.6. The first kappa shape index (κ1) is 27.1. The fourth-order valence-electron chi connectivity index (χ4n) is 3.54. The summed E-state index contributed by atoms with van der Waals surface area (Å²) in [6.07, 6.45) is 2.91. The van der Waals surface area contributed by atoms with Crippen LogP contribution in [0.25, 0.3) is 0 Å². The Bertz CT molecular complexity index is 978. The highest BCUT2D eigenvalue weighted by molar-refractivity contribution is 8.00. The third-order valence-corrected chi connectivity index (χ3v) is 6.98. The van der Waals surface area contributed by atoms with Crippen LogP contribution in [0.4, 0.5) is 0 Å². The smallest absolute Gasteiger partial charge is 0.257 e. The summed E-state index contributed by atoms with van der Waals surface area (Å²) < 4.78 is 6.62. The fourth-order valence-corrected chi connectivity index (χ4v) is 4.77. The lowest BCUT2D eigenvalue weighted by atomic mass is 9.86. The average Bonchev–Trinajstić information content (AvgIpc) is 2.77. The quantitative estimate of drug-likeness (QED) is 0.298. The van der Waals surface area contributed by atoms with Crippen LogP contribution >= 0.6 is 11.8 Å². The molecule has 6 nitrogen and oxygen atoms in total. The molecule has 33 heavy (non-hydrogen) atoms. The number of ether oxygens (including phenoxy) is 1. The van der Waals surface area contributed by atoms with Crippen LogP contribution in [-0.4, -0.2) is 41.0 Å². The molecule has 1 N–H and O–H groups in total. The van der Waals surface area contributed by atoms with Gasteiger partial charge in [0, 0.05) is 45.0 Å². The van der Waals surface area contributed by atoms with Gasteiger partial charge in [0.2, 0.25) is 5.91 Å². The second kappa shape index (κ2) is 12.4. The second-order valence-corrected chi connectivity index (χ2v) is 10.6. The van der Waals surface area contributed by atoms with Gasteiger partial charge in [-0.15, -0.1) is 0 Å². The number of hydrogen-bond acceptors (Lipinski definition) is 5. The Kier molecular flexibility index (Phi) is 10.2. The summed E-state index contributed by atoms with van der Waals surface area (Å²) in [5.41, 5.74) is 3.81.